The first kappa shape index (κ1) is 13.6. The van der Waals surface area contributed by atoms with Crippen LogP contribution in [0.3, 0.4) is 0 Å². The van der Waals surface area contributed by atoms with Gasteiger partial charge in [-0.3, -0.25) is 4.90 Å². The van der Waals surface area contributed by atoms with Crippen molar-refractivity contribution in [3.8, 4) is 0 Å². The summed E-state index contributed by atoms with van der Waals surface area (Å²) >= 11 is 0. The summed E-state index contributed by atoms with van der Waals surface area (Å²) in [6, 6.07) is 9.95. The molecule has 2 nitrogen and oxygen atoms in total. The highest BCUT2D eigenvalue weighted by Gasteiger charge is 2.29. The van der Waals surface area contributed by atoms with Gasteiger partial charge in [-0.1, -0.05) is 38.1 Å². The Bertz CT molecular complexity index is 386. The van der Waals surface area contributed by atoms with E-state index >= 15 is 0 Å². The summed E-state index contributed by atoms with van der Waals surface area (Å²) in [5, 5.41) is 3.53. The molecule has 2 atom stereocenters. The van der Waals surface area contributed by atoms with Crippen molar-refractivity contribution in [2.45, 2.75) is 39.8 Å². The number of hydrogen-bond acceptors (Lipinski definition) is 2. The van der Waals surface area contributed by atoms with Crippen molar-refractivity contribution in [3.63, 3.8) is 0 Å². The molecule has 2 unspecified atom stereocenters. The van der Waals surface area contributed by atoms with Crippen molar-refractivity contribution >= 4 is 0 Å². The number of nitrogens with one attached hydrogen (secondary N) is 1. The molecule has 1 saturated heterocycles. The van der Waals surface area contributed by atoms with E-state index in [-0.39, 0.29) is 0 Å². The molecule has 0 radical (unpaired) electrons. The molecule has 1 fully saturated rings. The van der Waals surface area contributed by atoms with Gasteiger partial charge in [-0.15, -0.1) is 0 Å². The van der Waals surface area contributed by atoms with Crippen LogP contribution in [0.1, 0.15) is 37.9 Å². The highest BCUT2D eigenvalue weighted by atomic mass is 15.2. The summed E-state index contributed by atoms with van der Waals surface area (Å²) in [6.45, 7) is 12.6. The lowest BCUT2D eigenvalue weighted by Crippen LogP contribution is -2.54. The lowest BCUT2D eigenvalue weighted by atomic mass is 9.94. The van der Waals surface area contributed by atoms with Crippen LogP contribution in [-0.2, 0) is 0 Å². The van der Waals surface area contributed by atoms with Crippen molar-refractivity contribution in [2.75, 3.05) is 19.6 Å². The van der Waals surface area contributed by atoms with E-state index < -0.39 is 0 Å². The van der Waals surface area contributed by atoms with E-state index in [0.717, 1.165) is 19.6 Å². The third-order valence-corrected chi connectivity index (χ3v) is 4.23. The van der Waals surface area contributed by atoms with E-state index in [0.29, 0.717) is 18.0 Å². The minimum atomic E-state index is 0.515. The normalized spacial score (nSPS) is 23.3. The predicted molar refractivity (Wildman–Crippen MR) is 77.8 cm³/mol. The van der Waals surface area contributed by atoms with Crippen molar-refractivity contribution in [2.24, 2.45) is 5.92 Å². The molecule has 18 heavy (non-hydrogen) atoms. The van der Waals surface area contributed by atoms with Crippen LogP contribution in [0.25, 0.3) is 0 Å². The molecule has 0 spiro atoms. The van der Waals surface area contributed by atoms with Crippen LogP contribution in [-0.4, -0.2) is 30.6 Å². The minimum absolute atomic E-state index is 0.515. The molecule has 0 bridgehead atoms. The predicted octanol–water partition coefficient (Wildman–Crippen LogP) is 2.99. The van der Waals surface area contributed by atoms with Crippen LogP contribution in [0.15, 0.2) is 24.3 Å². The van der Waals surface area contributed by atoms with Gasteiger partial charge in [-0.25, -0.2) is 0 Å². The zero-order valence-corrected chi connectivity index (χ0v) is 12.1. The second-order valence-electron chi connectivity index (χ2n) is 5.79. The molecule has 1 N–H and O–H groups in total. The molecule has 1 heterocycles. The van der Waals surface area contributed by atoms with Gasteiger partial charge in [-0.2, -0.15) is 0 Å². The molecule has 0 amide bonds. The van der Waals surface area contributed by atoms with Crippen LogP contribution < -0.4 is 5.32 Å². The molecular weight excluding hydrogens is 220 g/mol. The summed E-state index contributed by atoms with van der Waals surface area (Å²) in [4.78, 5) is 2.67. The molecule has 100 valence electrons. The fourth-order valence-electron chi connectivity index (χ4n) is 3.07. The number of nitrogens with zero attached hydrogens (tertiary/aromatic N) is 1. The number of rotatable bonds is 3. The van der Waals surface area contributed by atoms with E-state index in [1.807, 2.05) is 0 Å². The van der Waals surface area contributed by atoms with Crippen LogP contribution in [0.4, 0.5) is 0 Å². The first-order valence-electron chi connectivity index (χ1n) is 7.13. The van der Waals surface area contributed by atoms with E-state index in [1.165, 1.54) is 11.1 Å². The Morgan fingerprint density at radius 3 is 2.61 bits per heavy atom. The lowest BCUT2D eigenvalue weighted by Gasteiger charge is -2.42. The highest BCUT2D eigenvalue weighted by Crippen LogP contribution is 2.28. The SMILES string of the molecule is Cc1ccccc1C(C)N1CCNCC1C(C)C. The summed E-state index contributed by atoms with van der Waals surface area (Å²) in [5.74, 6) is 0.698. The molecule has 1 aromatic carbocycles. The third kappa shape index (κ3) is 2.76. The van der Waals surface area contributed by atoms with Gasteiger partial charge in [-0.05, 0) is 30.9 Å². The Morgan fingerprint density at radius 2 is 1.94 bits per heavy atom. The largest absolute Gasteiger partial charge is 0.314 e. The second-order valence-corrected chi connectivity index (χ2v) is 5.79. The average molecular weight is 246 g/mol. The Hall–Kier alpha value is -0.860. The van der Waals surface area contributed by atoms with Crippen LogP contribution in [0.5, 0.6) is 0 Å². The summed E-state index contributed by atoms with van der Waals surface area (Å²) in [7, 11) is 0. The molecule has 2 rings (SSSR count). The van der Waals surface area contributed by atoms with Gasteiger partial charge in [0.05, 0.1) is 0 Å². The van der Waals surface area contributed by atoms with Gasteiger partial charge in [0.2, 0.25) is 0 Å². The summed E-state index contributed by atoms with van der Waals surface area (Å²) in [5.41, 5.74) is 2.89. The molecule has 0 aliphatic carbocycles. The van der Waals surface area contributed by atoms with Crippen molar-refractivity contribution in [3.05, 3.63) is 35.4 Å². The number of benzene rings is 1. The van der Waals surface area contributed by atoms with Gasteiger partial charge in [0.15, 0.2) is 0 Å². The topological polar surface area (TPSA) is 15.3 Å². The average Bonchev–Trinajstić information content (AvgIpc) is 2.38. The number of piperazine rings is 1. The molecule has 2 heteroatoms. The number of aryl methyl sites for hydroxylation is 1. The standard InChI is InChI=1S/C16H26N2/c1-12(2)16-11-17-9-10-18(16)14(4)15-8-6-5-7-13(15)3/h5-8,12,14,16-17H,9-11H2,1-4H3. The Labute approximate surface area is 111 Å². The fraction of sp³-hybridized carbons (Fsp3) is 0.625. The third-order valence-electron chi connectivity index (χ3n) is 4.23. The fourth-order valence-corrected chi connectivity index (χ4v) is 3.07. The maximum absolute atomic E-state index is 3.53. The Kier molecular flexibility index (Phi) is 4.41. The molecule has 1 aliphatic heterocycles. The van der Waals surface area contributed by atoms with Gasteiger partial charge in [0.1, 0.15) is 0 Å². The Balaban J connectivity index is 2.21. The van der Waals surface area contributed by atoms with E-state index in [4.69, 9.17) is 0 Å². The second kappa shape index (κ2) is 5.85. The summed E-state index contributed by atoms with van der Waals surface area (Å²) < 4.78 is 0. The Morgan fingerprint density at radius 1 is 1.22 bits per heavy atom. The highest BCUT2D eigenvalue weighted by molar-refractivity contribution is 5.28. The van der Waals surface area contributed by atoms with Crippen LogP contribution in [0.2, 0.25) is 0 Å². The maximum Gasteiger partial charge on any atom is 0.0326 e. The van der Waals surface area contributed by atoms with Gasteiger partial charge < -0.3 is 5.32 Å². The van der Waals surface area contributed by atoms with Crippen molar-refractivity contribution in [1.29, 1.82) is 0 Å². The lowest BCUT2D eigenvalue weighted by molar-refractivity contribution is 0.0841. The first-order valence-corrected chi connectivity index (χ1v) is 7.13. The van der Waals surface area contributed by atoms with E-state index in [1.54, 1.807) is 0 Å². The molecule has 0 aromatic heterocycles. The van der Waals surface area contributed by atoms with Crippen LogP contribution in [0, 0.1) is 12.8 Å². The van der Waals surface area contributed by atoms with Crippen LogP contribution >= 0.6 is 0 Å². The van der Waals surface area contributed by atoms with Crippen molar-refractivity contribution < 1.29 is 0 Å². The van der Waals surface area contributed by atoms with Gasteiger partial charge in [0.25, 0.3) is 0 Å². The zero-order chi connectivity index (χ0) is 13.1. The maximum atomic E-state index is 3.53. The first-order chi connectivity index (χ1) is 8.61. The molecule has 1 aliphatic rings. The van der Waals surface area contributed by atoms with Crippen molar-refractivity contribution in [1.82, 2.24) is 10.2 Å². The smallest absolute Gasteiger partial charge is 0.0326 e. The zero-order valence-electron chi connectivity index (χ0n) is 12.1. The minimum Gasteiger partial charge on any atom is -0.314 e. The van der Waals surface area contributed by atoms with Gasteiger partial charge in [0, 0.05) is 31.7 Å². The molecule has 1 aromatic rings. The van der Waals surface area contributed by atoms with E-state index in [9.17, 15) is 0 Å². The molecule has 0 saturated carbocycles. The summed E-state index contributed by atoms with van der Waals surface area (Å²) in [6.07, 6.45) is 0. The number of hydrogen-bond donors (Lipinski definition) is 1. The monoisotopic (exact) mass is 246 g/mol. The quantitative estimate of drug-likeness (QED) is 0.882. The van der Waals surface area contributed by atoms with E-state index in [2.05, 4.69) is 62.2 Å². The molecular formula is C16H26N2. The van der Waals surface area contributed by atoms with Gasteiger partial charge >= 0.3 is 0 Å².